The summed E-state index contributed by atoms with van der Waals surface area (Å²) in [4.78, 5) is 9.24. The average molecular weight is 536 g/mol. The van der Waals surface area contributed by atoms with Crippen LogP contribution in [-0.4, -0.2) is 14.5 Å². The number of halogens is 1. The van der Waals surface area contributed by atoms with E-state index in [-0.39, 0.29) is 0 Å². The van der Waals surface area contributed by atoms with Crippen molar-refractivity contribution < 1.29 is 4.39 Å². The number of rotatable bonds is 4. The highest BCUT2D eigenvalue weighted by atomic mass is 32.1. The van der Waals surface area contributed by atoms with Crippen molar-refractivity contribution in [3.05, 3.63) is 139 Å². The Balaban J connectivity index is 1.32. The molecule has 8 aromatic rings. The molecule has 5 heteroatoms. The molecule has 0 aliphatic carbocycles. The number of hydrogen-bond acceptors (Lipinski definition) is 3. The molecule has 1 atom stereocenters. The maximum absolute atomic E-state index is 16.2. The molecule has 4 aromatic heterocycles. The zero-order chi connectivity index (χ0) is 26.6. The van der Waals surface area contributed by atoms with Gasteiger partial charge in [-0.1, -0.05) is 66.7 Å². The van der Waals surface area contributed by atoms with E-state index in [1.165, 1.54) is 20.2 Å². The number of hydrogen-bond donors (Lipinski definition) is 0. The summed E-state index contributed by atoms with van der Waals surface area (Å²) in [6.07, 6.45) is 2.30. The summed E-state index contributed by atoms with van der Waals surface area (Å²) in [6, 6.07) is 38.2. The van der Waals surface area contributed by atoms with Crippen molar-refractivity contribution in [3.8, 4) is 16.9 Å². The fraction of sp³-hybridized carbons (Fsp3) is 0.0286. The van der Waals surface area contributed by atoms with Crippen molar-refractivity contribution >= 4 is 53.4 Å². The lowest BCUT2D eigenvalue weighted by atomic mass is 9.99. The van der Waals surface area contributed by atoms with E-state index >= 15 is 4.39 Å². The van der Waals surface area contributed by atoms with Crippen LogP contribution < -0.4 is 0 Å². The molecule has 0 amide bonds. The highest BCUT2D eigenvalue weighted by Gasteiger charge is 2.20. The van der Waals surface area contributed by atoms with Gasteiger partial charge in [0, 0.05) is 49.9 Å². The molecule has 40 heavy (non-hydrogen) atoms. The molecular formula is C35H22FN3S. The highest BCUT2D eigenvalue weighted by Crippen LogP contribution is 2.42. The van der Waals surface area contributed by atoms with Gasteiger partial charge in [0.1, 0.15) is 5.65 Å². The second-order valence-electron chi connectivity index (χ2n) is 9.94. The summed E-state index contributed by atoms with van der Waals surface area (Å²) >= 11 is 1.79. The van der Waals surface area contributed by atoms with Gasteiger partial charge in [0.2, 0.25) is 0 Å². The Labute approximate surface area is 233 Å². The van der Waals surface area contributed by atoms with Gasteiger partial charge in [0.25, 0.3) is 0 Å². The number of benzene rings is 4. The molecule has 3 nitrogen and oxygen atoms in total. The molecule has 0 spiro atoms. The minimum absolute atomic E-state index is 0.602. The summed E-state index contributed by atoms with van der Waals surface area (Å²) < 4.78 is 20.8. The third-order valence-electron chi connectivity index (χ3n) is 7.59. The quantitative estimate of drug-likeness (QED) is 0.225. The molecule has 0 saturated heterocycles. The molecule has 0 bridgehead atoms. The van der Waals surface area contributed by atoms with E-state index in [4.69, 9.17) is 4.98 Å². The van der Waals surface area contributed by atoms with Crippen LogP contribution in [0.25, 0.3) is 59.1 Å². The lowest BCUT2D eigenvalue weighted by Crippen LogP contribution is -2.00. The summed E-state index contributed by atoms with van der Waals surface area (Å²) in [6.45, 7) is 0. The SMILES string of the molecule is FC(c1cccc(-c2ccccn2)c1)c1cccc(-n2c3ncccc3c3ccc4c5ccccc5sc4c32)c1. The van der Waals surface area contributed by atoms with Gasteiger partial charge in [0.05, 0.1) is 15.9 Å². The van der Waals surface area contributed by atoms with Gasteiger partial charge in [-0.15, -0.1) is 11.3 Å². The van der Waals surface area contributed by atoms with Gasteiger partial charge in [0.15, 0.2) is 6.17 Å². The molecule has 190 valence electrons. The van der Waals surface area contributed by atoms with Crippen LogP contribution in [-0.2, 0) is 0 Å². The number of nitrogens with zero attached hydrogens (tertiary/aromatic N) is 3. The monoisotopic (exact) mass is 535 g/mol. The molecule has 4 heterocycles. The Bertz CT molecular complexity index is 2200. The van der Waals surface area contributed by atoms with E-state index in [9.17, 15) is 0 Å². The molecule has 4 aromatic carbocycles. The second-order valence-corrected chi connectivity index (χ2v) is 11.0. The number of pyridine rings is 2. The van der Waals surface area contributed by atoms with Gasteiger partial charge in [-0.25, -0.2) is 9.37 Å². The fourth-order valence-electron chi connectivity index (χ4n) is 5.76. The van der Waals surface area contributed by atoms with Crippen LogP contribution in [0.1, 0.15) is 17.3 Å². The molecule has 0 fully saturated rings. The predicted molar refractivity (Wildman–Crippen MR) is 164 cm³/mol. The molecule has 0 aliphatic rings. The van der Waals surface area contributed by atoms with Gasteiger partial charge in [-0.2, -0.15) is 0 Å². The topological polar surface area (TPSA) is 30.7 Å². The van der Waals surface area contributed by atoms with Crippen LogP contribution in [0.4, 0.5) is 4.39 Å². The van der Waals surface area contributed by atoms with Gasteiger partial charge in [-0.05, 0) is 59.7 Å². The maximum atomic E-state index is 16.2. The van der Waals surface area contributed by atoms with Crippen molar-refractivity contribution in [2.75, 3.05) is 0 Å². The lowest BCUT2D eigenvalue weighted by Gasteiger charge is -2.14. The smallest absolute Gasteiger partial charge is 0.150 e. The highest BCUT2D eigenvalue weighted by molar-refractivity contribution is 7.26. The average Bonchev–Trinajstić information content (AvgIpc) is 3.57. The van der Waals surface area contributed by atoms with Crippen LogP contribution >= 0.6 is 11.3 Å². The Morgan fingerprint density at radius 1 is 0.625 bits per heavy atom. The van der Waals surface area contributed by atoms with E-state index < -0.39 is 6.17 Å². The summed E-state index contributed by atoms with van der Waals surface area (Å²) in [5.41, 5.74) is 5.80. The standard InChI is InChI=1S/C35H22FN3S/c36-32(23-9-5-8-22(20-23)30-14-3-4-18-37-30)24-10-6-11-25(21-24)39-33-27(29-13-7-19-38-35(29)39)16-17-28-26-12-1-2-15-31(26)40-34(28)33/h1-21,32H. The Hall–Kier alpha value is -4.87. The molecule has 0 radical (unpaired) electrons. The van der Waals surface area contributed by atoms with Crippen LogP contribution in [0.15, 0.2) is 128 Å². The summed E-state index contributed by atoms with van der Waals surface area (Å²) in [5, 5.41) is 4.71. The first kappa shape index (κ1) is 23.1. The zero-order valence-corrected chi connectivity index (χ0v) is 22.1. The van der Waals surface area contributed by atoms with E-state index in [2.05, 4.69) is 52.0 Å². The van der Waals surface area contributed by atoms with Gasteiger partial charge >= 0.3 is 0 Å². The number of fused-ring (bicyclic) bond motifs is 7. The minimum Gasteiger partial charge on any atom is -0.292 e. The van der Waals surface area contributed by atoms with Crippen molar-refractivity contribution in [2.45, 2.75) is 6.17 Å². The van der Waals surface area contributed by atoms with E-state index in [0.717, 1.165) is 38.9 Å². The Morgan fingerprint density at radius 2 is 1.40 bits per heavy atom. The molecule has 1 unspecified atom stereocenters. The second kappa shape index (κ2) is 9.11. The van der Waals surface area contributed by atoms with Crippen molar-refractivity contribution in [3.63, 3.8) is 0 Å². The fourth-order valence-corrected chi connectivity index (χ4v) is 7.00. The van der Waals surface area contributed by atoms with Gasteiger partial charge in [-0.3, -0.25) is 9.55 Å². The van der Waals surface area contributed by atoms with Crippen LogP contribution in [0.2, 0.25) is 0 Å². The first-order chi connectivity index (χ1) is 19.8. The van der Waals surface area contributed by atoms with Crippen molar-refractivity contribution in [1.82, 2.24) is 14.5 Å². The van der Waals surface area contributed by atoms with Crippen LogP contribution in [0.5, 0.6) is 0 Å². The largest absolute Gasteiger partial charge is 0.292 e. The molecule has 0 N–H and O–H groups in total. The first-order valence-electron chi connectivity index (χ1n) is 13.2. The third-order valence-corrected chi connectivity index (χ3v) is 8.79. The van der Waals surface area contributed by atoms with Gasteiger partial charge < -0.3 is 0 Å². The third kappa shape index (κ3) is 3.55. The van der Waals surface area contributed by atoms with E-state index in [0.29, 0.717) is 11.1 Å². The summed E-state index contributed by atoms with van der Waals surface area (Å²) in [5.74, 6) is 0. The van der Waals surface area contributed by atoms with E-state index in [1.54, 1.807) is 17.5 Å². The molecule has 8 rings (SSSR count). The Kier molecular flexibility index (Phi) is 5.25. The lowest BCUT2D eigenvalue weighted by molar-refractivity contribution is 0.402. The molecule has 0 aliphatic heterocycles. The van der Waals surface area contributed by atoms with Crippen LogP contribution in [0.3, 0.4) is 0 Å². The van der Waals surface area contributed by atoms with E-state index in [1.807, 2.05) is 79.0 Å². The van der Waals surface area contributed by atoms with Crippen LogP contribution in [0, 0.1) is 0 Å². The number of alkyl halides is 1. The summed E-state index contributed by atoms with van der Waals surface area (Å²) in [7, 11) is 0. The Morgan fingerprint density at radius 3 is 2.30 bits per heavy atom. The number of aromatic nitrogens is 3. The number of thiophene rings is 1. The maximum Gasteiger partial charge on any atom is 0.150 e. The molecule has 0 saturated carbocycles. The molecular weight excluding hydrogens is 513 g/mol. The van der Waals surface area contributed by atoms with Crippen molar-refractivity contribution in [2.24, 2.45) is 0 Å². The first-order valence-corrected chi connectivity index (χ1v) is 14.0. The van der Waals surface area contributed by atoms with Crippen molar-refractivity contribution in [1.29, 1.82) is 0 Å². The predicted octanol–water partition coefficient (Wildman–Crippen LogP) is 9.67. The minimum atomic E-state index is -1.28. The zero-order valence-electron chi connectivity index (χ0n) is 21.3. The normalized spacial score (nSPS) is 12.5.